The molecule has 1 aliphatic carbocycles. The van der Waals surface area contributed by atoms with E-state index < -0.39 is 0 Å². The number of hydrogen-bond donors (Lipinski definition) is 2. The van der Waals surface area contributed by atoms with Gasteiger partial charge >= 0.3 is 0 Å². The van der Waals surface area contributed by atoms with E-state index in [-0.39, 0.29) is 5.82 Å². The van der Waals surface area contributed by atoms with Crippen molar-refractivity contribution < 1.29 is 9.13 Å². The number of H-pyrrole nitrogens is 2. The normalized spacial score (nSPS) is 17.4. The zero-order chi connectivity index (χ0) is 27.9. The Morgan fingerprint density at radius 1 is 0.976 bits per heavy atom. The lowest BCUT2D eigenvalue weighted by molar-refractivity contribution is 0.220. The van der Waals surface area contributed by atoms with Crippen molar-refractivity contribution in [2.24, 2.45) is 5.92 Å². The number of hydrogen-bond acceptors (Lipinski definition) is 5. The molecule has 0 spiro atoms. The second-order valence-corrected chi connectivity index (χ2v) is 11.3. The summed E-state index contributed by atoms with van der Waals surface area (Å²) >= 11 is 0. The molecular formula is C33H33FN6O. The van der Waals surface area contributed by atoms with Crippen LogP contribution in [0, 0.1) is 11.7 Å². The zero-order valence-electron chi connectivity index (χ0n) is 23.4. The first kappa shape index (κ1) is 25.7. The molecule has 1 atom stereocenters. The van der Waals surface area contributed by atoms with Gasteiger partial charge in [0.25, 0.3) is 0 Å². The van der Waals surface area contributed by atoms with Crippen LogP contribution in [0.5, 0.6) is 5.75 Å². The van der Waals surface area contributed by atoms with Crippen LogP contribution in [-0.4, -0.2) is 50.2 Å². The number of aromatic nitrogens is 5. The number of halogens is 1. The van der Waals surface area contributed by atoms with Gasteiger partial charge in [-0.05, 0) is 85.3 Å². The largest absolute Gasteiger partial charge is 0.497 e. The molecule has 7 nitrogen and oxygen atoms in total. The molecule has 2 aliphatic rings. The summed E-state index contributed by atoms with van der Waals surface area (Å²) in [5.74, 6) is 0.483. The molecule has 2 N–H and O–H groups in total. The number of allylic oxidation sites excluding steroid dienone is 1. The Morgan fingerprint density at radius 2 is 1.83 bits per heavy atom. The lowest BCUT2D eigenvalue weighted by Gasteiger charge is -2.26. The van der Waals surface area contributed by atoms with Crippen LogP contribution in [0.15, 0.2) is 61.1 Å². The topological polar surface area (TPSA) is 82.7 Å². The van der Waals surface area contributed by atoms with Crippen LogP contribution >= 0.6 is 0 Å². The summed E-state index contributed by atoms with van der Waals surface area (Å²) in [6, 6.07) is 11.3. The minimum Gasteiger partial charge on any atom is -0.497 e. The molecule has 1 fully saturated rings. The maximum Gasteiger partial charge on any atom is 0.155 e. The third kappa shape index (κ3) is 5.04. The highest BCUT2D eigenvalue weighted by molar-refractivity contribution is 5.94. The van der Waals surface area contributed by atoms with Crippen LogP contribution in [-0.2, 0) is 13.0 Å². The van der Waals surface area contributed by atoms with E-state index in [1.165, 1.54) is 30.9 Å². The molecule has 8 heteroatoms. The number of benzene rings is 1. The van der Waals surface area contributed by atoms with Gasteiger partial charge in [-0.3, -0.25) is 15.0 Å². The van der Waals surface area contributed by atoms with Crippen LogP contribution in [0.3, 0.4) is 0 Å². The van der Waals surface area contributed by atoms with Crippen LogP contribution in [0.1, 0.15) is 48.6 Å². The summed E-state index contributed by atoms with van der Waals surface area (Å²) in [5.41, 5.74) is 9.68. The fourth-order valence-corrected chi connectivity index (χ4v) is 6.24. The van der Waals surface area contributed by atoms with E-state index in [0.717, 1.165) is 82.0 Å². The number of methoxy groups -OCH3 is 1. The second kappa shape index (κ2) is 10.6. The molecule has 1 aliphatic heterocycles. The van der Waals surface area contributed by atoms with Crippen LogP contribution in [0.4, 0.5) is 4.39 Å². The first-order valence-corrected chi connectivity index (χ1v) is 14.3. The van der Waals surface area contributed by atoms with Gasteiger partial charge in [0.05, 0.1) is 12.8 Å². The fourth-order valence-electron chi connectivity index (χ4n) is 6.24. The van der Waals surface area contributed by atoms with Gasteiger partial charge < -0.3 is 9.72 Å². The third-order valence-corrected chi connectivity index (χ3v) is 8.24. The minimum absolute atomic E-state index is 0.298. The van der Waals surface area contributed by atoms with Crippen LogP contribution < -0.4 is 4.74 Å². The van der Waals surface area contributed by atoms with Crippen LogP contribution in [0.25, 0.3) is 39.1 Å². The standard InChI is InChI=1S/C33H33FN6O/c1-20-8-27(22-11-25(34)14-26(12-22)41-2)28-15-31(37-30(28)9-20)32-29-13-24(18-36-33(29)39-38-32)23-10-21(16-35-17-23)19-40-6-4-3-5-7-40/h8,10-18,20,37H,3-7,9,19H2,1-2H3,(H,36,38,39). The van der Waals surface area contributed by atoms with Crippen molar-refractivity contribution in [1.29, 1.82) is 0 Å². The first-order chi connectivity index (χ1) is 20.0. The van der Waals surface area contributed by atoms with Gasteiger partial charge in [0.2, 0.25) is 0 Å². The maximum atomic E-state index is 14.4. The van der Waals surface area contributed by atoms with Crippen molar-refractivity contribution in [2.75, 3.05) is 20.2 Å². The lowest BCUT2D eigenvalue weighted by atomic mass is 9.86. The number of rotatable bonds is 6. The van der Waals surface area contributed by atoms with Gasteiger partial charge in [0, 0.05) is 59.0 Å². The summed E-state index contributed by atoms with van der Waals surface area (Å²) in [7, 11) is 1.56. The Balaban J connectivity index is 1.24. The van der Waals surface area contributed by atoms with E-state index in [2.05, 4.69) is 56.3 Å². The molecule has 5 heterocycles. The molecule has 0 bridgehead atoms. The van der Waals surface area contributed by atoms with Crippen molar-refractivity contribution >= 4 is 16.6 Å². The number of nitrogens with zero attached hydrogens (tertiary/aromatic N) is 4. The zero-order valence-corrected chi connectivity index (χ0v) is 23.4. The quantitative estimate of drug-likeness (QED) is 0.245. The number of fused-ring (bicyclic) bond motifs is 2. The Labute approximate surface area is 238 Å². The predicted molar refractivity (Wildman–Crippen MR) is 159 cm³/mol. The second-order valence-electron chi connectivity index (χ2n) is 11.3. The lowest BCUT2D eigenvalue weighted by Crippen LogP contribution is -2.29. The number of nitrogens with one attached hydrogen (secondary N) is 2. The molecule has 0 radical (unpaired) electrons. The van der Waals surface area contributed by atoms with E-state index in [1.807, 2.05) is 24.7 Å². The Kier molecular flexibility index (Phi) is 6.63. The number of ether oxygens (including phenoxy) is 1. The Bertz CT molecular complexity index is 1760. The maximum absolute atomic E-state index is 14.4. The van der Waals surface area contributed by atoms with Crippen molar-refractivity contribution in [1.82, 2.24) is 30.0 Å². The summed E-state index contributed by atoms with van der Waals surface area (Å²) in [5, 5.41) is 8.70. The SMILES string of the molecule is COc1cc(F)cc(C2=CC(C)Cc3[nH]c(-c4n[nH]c5ncc(-c6cncc(CN7CCCCC7)c6)cc45)cc32)c1. The molecule has 41 heavy (non-hydrogen) atoms. The van der Waals surface area contributed by atoms with Crippen molar-refractivity contribution in [3.63, 3.8) is 0 Å². The molecular weight excluding hydrogens is 515 g/mol. The third-order valence-electron chi connectivity index (χ3n) is 8.24. The summed E-state index contributed by atoms with van der Waals surface area (Å²) in [6.45, 7) is 5.40. The van der Waals surface area contributed by atoms with E-state index in [0.29, 0.717) is 11.7 Å². The van der Waals surface area contributed by atoms with Gasteiger partial charge in [0.1, 0.15) is 17.3 Å². The van der Waals surface area contributed by atoms with Crippen molar-refractivity contribution in [2.45, 2.75) is 39.2 Å². The Hall–Kier alpha value is -4.30. The first-order valence-electron chi connectivity index (χ1n) is 14.3. The summed E-state index contributed by atoms with van der Waals surface area (Å²) in [6.07, 6.45) is 12.7. The molecule has 0 saturated carbocycles. The number of pyridine rings is 2. The van der Waals surface area contributed by atoms with Crippen molar-refractivity contribution in [3.05, 3.63) is 89.3 Å². The highest BCUT2D eigenvalue weighted by Crippen LogP contribution is 2.39. The van der Waals surface area contributed by atoms with Crippen LogP contribution in [0.2, 0.25) is 0 Å². The Morgan fingerprint density at radius 3 is 2.68 bits per heavy atom. The van der Waals surface area contributed by atoms with Gasteiger partial charge in [-0.15, -0.1) is 0 Å². The monoisotopic (exact) mass is 548 g/mol. The van der Waals surface area contributed by atoms with E-state index in [9.17, 15) is 4.39 Å². The minimum atomic E-state index is -0.317. The molecule has 0 amide bonds. The number of piperidine rings is 1. The van der Waals surface area contributed by atoms with Gasteiger partial charge in [-0.25, -0.2) is 9.37 Å². The van der Waals surface area contributed by atoms with Gasteiger partial charge in [-0.2, -0.15) is 5.10 Å². The average Bonchev–Trinajstić information content (AvgIpc) is 3.60. The fraction of sp³-hybridized carbons (Fsp3) is 0.303. The highest BCUT2D eigenvalue weighted by Gasteiger charge is 2.24. The molecule has 208 valence electrons. The average molecular weight is 549 g/mol. The van der Waals surface area contributed by atoms with E-state index in [1.54, 1.807) is 13.2 Å². The molecule has 1 aromatic carbocycles. The summed E-state index contributed by atoms with van der Waals surface area (Å²) < 4.78 is 19.8. The smallest absolute Gasteiger partial charge is 0.155 e. The number of likely N-dealkylation sites (tertiary alicyclic amines) is 1. The molecule has 4 aromatic heterocycles. The van der Waals surface area contributed by atoms with Gasteiger partial charge in [0.15, 0.2) is 5.65 Å². The molecule has 1 saturated heterocycles. The van der Waals surface area contributed by atoms with Gasteiger partial charge in [-0.1, -0.05) is 19.4 Å². The molecule has 1 unspecified atom stereocenters. The van der Waals surface area contributed by atoms with Crippen molar-refractivity contribution in [3.8, 4) is 28.3 Å². The van der Waals surface area contributed by atoms with E-state index in [4.69, 9.17) is 9.72 Å². The highest BCUT2D eigenvalue weighted by atomic mass is 19.1. The molecule has 5 aromatic rings. The number of aromatic amines is 2. The summed E-state index contributed by atoms with van der Waals surface area (Å²) in [4.78, 5) is 15.4. The van der Waals surface area contributed by atoms with E-state index >= 15 is 0 Å². The molecule has 7 rings (SSSR count). The predicted octanol–water partition coefficient (Wildman–Crippen LogP) is 6.77.